The van der Waals surface area contributed by atoms with Crippen molar-refractivity contribution in [2.24, 2.45) is 0 Å². The molecule has 0 spiro atoms. The minimum absolute atomic E-state index is 0.0443. The summed E-state index contributed by atoms with van der Waals surface area (Å²) < 4.78 is 80.9. The summed E-state index contributed by atoms with van der Waals surface area (Å²) in [6.45, 7) is 3.06. The van der Waals surface area contributed by atoms with E-state index >= 15 is 0 Å². The largest absolute Gasteiger partial charge is 0.416 e. The van der Waals surface area contributed by atoms with Crippen LogP contribution in [0.1, 0.15) is 11.1 Å². The van der Waals surface area contributed by atoms with Gasteiger partial charge in [-0.15, -0.1) is 0 Å². The topological polar surface area (TPSA) is 9.23 Å². The molecule has 8 heteroatoms. The summed E-state index contributed by atoms with van der Waals surface area (Å²) in [5.74, 6) is 0. The molecule has 0 saturated carbocycles. The van der Waals surface area contributed by atoms with Crippen LogP contribution in [0.25, 0.3) is 0 Å². The Bertz CT molecular complexity index is 431. The van der Waals surface area contributed by atoms with E-state index in [1.807, 2.05) is 0 Å². The lowest BCUT2D eigenvalue weighted by Crippen LogP contribution is -2.44. The Morgan fingerprint density at radius 1 is 0.842 bits per heavy atom. The number of hydrogen-bond acceptors (Lipinski definition) is 1. The molecule has 19 heavy (non-hydrogen) atoms. The van der Waals surface area contributed by atoms with Crippen molar-refractivity contribution >= 4 is 13.5 Å². The fraction of sp³-hybridized carbons (Fsp3) is 0.455. The predicted octanol–water partition coefficient (Wildman–Crippen LogP) is 3.78. The average Bonchev–Trinajstić information content (AvgIpc) is 2.26. The molecule has 0 N–H and O–H groups in total. The van der Waals surface area contributed by atoms with Gasteiger partial charge in [-0.05, 0) is 36.5 Å². The standard InChI is InChI=1S/C11H12F6OSi/c1-18-19(2,3)9-5-7(10(12,13)14)4-8(6-9)11(15,16)17/h4-6H,1-3H3. The summed E-state index contributed by atoms with van der Waals surface area (Å²) in [7, 11) is -1.50. The highest BCUT2D eigenvalue weighted by atomic mass is 28.4. The smallest absolute Gasteiger partial charge is 0.416 e. The lowest BCUT2D eigenvalue weighted by Gasteiger charge is -2.23. The van der Waals surface area contributed by atoms with Crippen molar-refractivity contribution in [3.05, 3.63) is 29.3 Å². The third-order valence-electron chi connectivity index (χ3n) is 2.79. The van der Waals surface area contributed by atoms with Gasteiger partial charge < -0.3 is 4.43 Å². The van der Waals surface area contributed by atoms with Crippen LogP contribution >= 0.6 is 0 Å². The van der Waals surface area contributed by atoms with Crippen LogP contribution in [0.3, 0.4) is 0 Å². The number of rotatable bonds is 2. The zero-order chi connectivity index (χ0) is 15.1. The van der Waals surface area contributed by atoms with Crippen LogP contribution in [-0.4, -0.2) is 15.4 Å². The molecule has 0 amide bonds. The van der Waals surface area contributed by atoms with Crippen LogP contribution in [0.5, 0.6) is 0 Å². The van der Waals surface area contributed by atoms with Gasteiger partial charge in [-0.1, -0.05) is 0 Å². The van der Waals surface area contributed by atoms with Crippen molar-refractivity contribution in [3.63, 3.8) is 0 Å². The Labute approximate surface area is 107 Å². The highest BCUT2D eigenvalue weighted by Crippen LogP contribution is 2.35. The van der Waals surface area contributed by atoms with Gasteiger partial charge in [0.2, 0.25) is 8.32 Å². The lowest BCUT2D eigenvalue weighted by atomic mass is 10.1. The first kappa shape index (κ1) is 16.0. The third kappa shape index (κ3) is 3.72. The summed E-state index contributed by atoms with van der Waals surface area (Å²) in [6.07, 6.45) is -9.65. The Morgan fingerprint density at radius 2 is 1.21 bits per heavy atom. The Balaban J connectivity index is 3.51. The predicted molar refractivity (Wildman–Crippen MR) is 60.6 cm³/mol. The second-order valence-electron chi connectivity index (χ2n) is 4.51. The summed E-state index contributed by atoms with van der Waals surface area (Å²) in [4.78, 5) is 0. The molecule has 0 radical (unpaired) electrons. The molecule has 0 aliphatic rings. The van der Waals surface area contributed by atoms with Crippen molar-refractivity contribution in [3.8, 4) is 0 Å². The summed E-state index contributed by atoms with van der Waals surface area (Å²) in [5, 5.41) is -0.0443. The first-order chi connectivity index (χ1) is 8.38. The van der Waals surface area contributed by atoms with Gasteiger partial charge in [-0.2, -0.15) is 26.3 Å². The van der Waals surface area contributed by atoms with Crippen LogP contribution in [0.4, 0.5) is 26.3 Å². The molecule has 1 nitrogen and oxygen atoms in total. The van der Waals surface area contributed by atoms with E-state index in [0.29, 0.717) is 0 Å². The van der Waals surface area contributed by atoms with Gasteiger partial charge in [0, 0.05) is 7.11 Å². The number of hydrogen-bond donors (Lipinski definition) is 0. The number of benzene rings is 1. The average molecular weight is 302 g/mol. The highest BCUT2D eigenvalue weighted by molar-refractivity contribution is 6.84. The SMILES string of the molecule is CO[Si](C)(C)c1cc(C(F)(F)F)cc(C(F)(F)F)c1. The fourth-order valence-corrected chi connectivity index (χ4v) is 2.66. The lowest BCUT2D eigenvalue weighted by molar-refractivity contribution is -0.142. The van der Waals surface area contributed by atoms with Crippen LogP contribution in [0.15, 0.2) is 18.2 Å². The van der Waals surface area contributed by atoms with Gasteiger partial charge in [-0.3, -0.25) is 0 Å². The fourth-order valence-electron chi connectivity index (χ4n) is 1.42. The molecule has 0 atom stereocenters. The van der Waals surface area contributed by atoms with Crippen LogP contribution < -0.4 is 5.19 Å². The van der Waals surface area contributed by atoms with E-state index in [0.717, 1.165) is 12.1 Å². The molecule has 0 aliphatic heterocycles. The minimum atomic E-state index is -4.83. The maximum absolute atomic E-state index is 12.6. The minimum Gasteiger partial charge on any atom is -0.416 e. The second kappa shape index (κ2) is 4.82. The normalized spacial score (nSPS) is 13.7. The maximum atomic E-state index is 12.6. The summed E-state index contributed by atoms with van der Waals surface area (Å²) in [5.41, 5.74) is -2.62. The first-order valence-electron chi connectivity index (χ1n) is 5.23. The van der Waals surface area contributed by atoms with Crippen molar-refractivity contribution in [1.29, 1.82) is 0 Å². The second-order valence-corrected chi connectivity index (χ2v) is 8.52. The number of halogens is 6. The van der Waals surface area contributed by atoms with Crippen molar-refractivity contribution < 1.29 is 30.8 Å². The summed E-state index contributed by atoms with van der Waals surface area (Å²) >= 11 is 0. The van der Waals surface area contributed by atoms with E-state index in [9.17, 15) is 26.3 Å². The van der Waals surface area contributed by atoms with Gasteiger partial charge >= 0.3 is 12.4 Å². The van der Waals surface area contributed by atoms with Gasteiger partial charge in [-0.25, -0.2) is 0 Å². The molecule has 0 aromatic heterocycles. The van der Waals surface area contributed by atoms with E-state index in [4.69, 9.17) is 4.43 Å². The Hall–Kier alpha value is -1.02. The maximum Gasteiger partial charge on any atom is 0.416 e. The molecule has 0 fully saturated rings. The molecular weight excluding hydrogens is 290 g/mol. The molecule has 1 rings (SSSR count). The first-order valence-corrected chi connectivity index (χ1v) is 8.14. The molecular formula is C11H12F6OSi. The number of alkyl halides is 6. The summed E-state index contributed by atoms with van der Waals surface area (Å²) in [6, 6.07) is 1.57. The molecule has 1 aromatic carbocycles. The van der Waals surface area contributed by atoms with E-state index in [1.54, 1.807) is 0 Å². The van der Waals surface area contributed by atoms with Gasteiger partial charge in [0.25, 0.3) is 0 Å². The molecule has 1 aromatic rings. The highest BCUT2D eigenvalue weighted by Gasteiger charge is 2.39. The Kier molecular flexibility index (Phi) is 4.07. The van der Waals surface area contributed by atoms with E-state index in [1.165, 1.54) is 20.2 Å². The monoisotopic (exact) mass is 302 g/mol. The van der Waals surface area contributed by atoms with Gasteiger partial charge in [0.05, 0.1) is 11.1 Å². The third-order valence-corrected chi connectivity index (χ3v) is 5.49. The van der Waals surface area contributed by atoms with Crippen LogP contribution in [0.2, 0.25) is 13.1 Å². The molecule has 0 unspecified atom stereocenters. The molecule has 0 bridgehead atoms. The molecule has 0 heterocycles. The van der Waals surface area contributed by atoms with Crippen molar-refractivity contribution in [1.82, 2.24) is 0 Å². The quantitative estimate of drug-likeness (QED) is 0.597. The van der Waals surface area contributed by atoms with Crippen LogP contribution in [0, 0.1) is 0 Å². The van der Waals surface area contributed by atoms with Crippen molar-refractivity contribution in [2.75, 3.05) is 7.11 Å². The zero-order valence-corrected chi connectivity index (χ0v) is 11.4. The van der Waals surface area contributed by atoms with Crippen LogP contribution in [-0.2, 0) is 16.8 Å². The molecule has 108 valence electrons. The zero-order valence-electron chi connectivity index (χ0n) is 10.4. The van der Waals surface area contributed by atoms with E-state index in [2.05, 4.69) is 0 Å². The Morgan fingerprint density at radius 3 is 1.47 bits per heavy atom. The van der Waals surface area contributed by atoms with E-state index < -0.39 is 31.8 Å². The van der Waals surface area contributed by atoms with Crippen molar-refractivity contribution in [2.45, 2.75) is 25.4 Å². The molecule has 0 saturated heterocycles. The van der Waals surface area contributed by atoms with Gasteiger partial charge in [0.1, 0.15) is 0 Å². The van der Waals surface area contributed by atoms with E-state index in [-0.39, 0.29) is 11.3 Å². The molecule has 0 aliphatic carbocycles. The van der Waals surface area contributed by atoms with Gasteiger partial charge in [0.15, 0.2) is 0 Å².